The minimum Gasteiger partial charge on any atom is -0.309 e. The van der Waals surface area contributed by atoms with Gasteiger partial charge in [0.15, 0.2) is 11.2 Å². The molecule has 1 N–H and O–H groups in total. The highest BCUT2D eigenvalue weighted by molar-refractivity contribution is 6.23. The Hall–Kier alpha value is -2.54. The van der Waals surface area contributed by atoms with Crippen molar-refractivity contribution < 1.29 is 19.2 Å². The average molecular weight is 345 g/mol. The highest BCUT2D eigenvalue weighted by Crippen LogP contribution is 2.33. The summed E-state index contributed by atoms with van der Waals surface area (Å²) in [5, 5.41) is 2.23. The number of urea groups is 1. The van der Waals surface area contributed by atoms with Gasteiger partial charge in [-0.15, -0.1) is 0 Å². The van der Waals surface area contributed by atoms with Gasteiger partial charge in [-0.1, -0.05) is 37.3 Å². The van der Waals surface area contributed by atoms with Crippen LogP contribution < -0.4 is 5.32 Å². The van der Waals surface area contributed by atoms with Gasteiger partial charge in [-0.2, -0.15) is 0 Å². The van der Waals surface area contributed by atoms with Gasteiger partial charge in [-0.25, -0.2) is 4.79 Å². The van der Waals surface area contributed by atoms with Gasteiger partial charge in [0.1, 0.15) is 0 Å². The molecule has 1 fully saturated rings. The Balaban J connectivity index is 2.31. The third-order valence-corrected chi connectivity index (χ3v) is 4.43. The zero-order valence-corrected chi connectivity index (χ0v) is 14.7. The number of rotatable bonds is 7. The van der Waals surface area contributed by atoms with Crippen LogP contribution >= 0.6 is 0 Å². The van der Waals surface area contributed by atoms with Gasteiger partial charge in [-0.05, 0) is 26.1 Å². The third-order valence-electron chi connectivity index (χ3n) is 4.43. The summed E-state index contributed by atoms with van der Waals surface area (Å²) in [6.45, 7) is 1.91. The van der Waals surface area contributed by atoms with E-state index in [4.69, 9.17) is 0 Å². The zero-order chi connectivity index (χ0) is 18.6. The molecule has 7 nitrogen and oxygen atoms in total. The first kappa shape index (κ1) is 18.8. The second-order valence-electron chi connectivity index (χ2n) is 6.37. The molecule has 0 aliphatic carbocycles. The monoisotopic (exact) mass is 345 g/mol. The van der Waals surface area contributed by atoms with E-state index >= 15 is 0 Å². The molecule has 0 radical (unpaired) electrons. The van der Waals surface area contributed by atoms with E-state index in [1.54, 1.807) is 37.3 Å². The molecule has 1 atom stereocenters. The number of ketones is 1. The van der Waals surface area contributed by atoms with E-state index in [2.05, 4.69) is 5.32 Å². The number of carbonyl (C=O) groups is 4. The summed E-state index contributed by atoms with van der Waals surface area (Å²) in [6, 6.07) is 7.78. The molecule has 1 aromatic rings. The highest BCUT2D eigenvalue weighted by atomic mass is 16.2. The quantitative estimate of drug-likeness (QED) is 0.743. The van der Waals surface area contributed by atoms with Gasteiger partial charge in [-0.3, -0.25) is 24.6 Å². The number of nitrogens with one attached hydrogen (secondary N) is 1. The topological polar surface area (TPSA) is 86.8 Å². The fraction of sp³-hybridized carbons (Fsp3) is 0.444. The number of Topliss-reactive ketones (excluding diaryl/α,β-unsaturated/α-hetero) is 1. The molecule has 2 rings (SSSR count). The molecule has 1 aromatic carbocycles. The van der Waals surface area contributed by atoms with Crippen LogP contribution in [0.3, 0.4) is 0 Å². The molecule has 0 bridgehead atoms. The van der Waals surface area contributed by atoms with Gasteiger partial charge in [0, 0.05) is 13.0 Å². The summed E-state index contributed by atoms with van der Waals surface area (Å²) in [4.78, 5) is 52.6. The van der Waals surface area contributed by atoms with E-state index in [9.17, 15) is 19.2 Å². The number of amides is 4. The van der Waals surface area contributed by atoms with Gasteiger partial charge in [0.2, 0.25) is 5.91 Å². The van der Waals surface area contributed by atoms with Crippen molar-refractivity contribution >= 4 is 23.6 Å². The first-order chi connectivity index (χ1) is 11.8. The molecular weight excluding hydrogens is 322 g/mol. The predicted molar refractivity (Wildman–Crippen MR) is 91.8 cm³/mol. The number of carbonyl (C=O) groups excluding carboxylic acids is 4. The van der Waals surface area contributed by atoms with Crippen LogP contribution in [-0.2, 0) is 19.8 Å². The summed E-state index contributed by atoms with van der Waals surface area (Å²) >= 11 is 0. The standard InChI is InChI=1S/C18H23N3O4/c1-4-18(13-8-6-5-7-9-13)15(23)19-17(25)21(16(18)24)12-14(22)10-11-20(2)3/h5-9H,4,10-12H2,1-3H3,(H,19,23,25). The summed E-state index contributed by atoms with van der Waals surface area (Å²) in [5.41, 5.74) is -0.977. The minimum absolute atomic E-state index is 0.192. The Morgan fingerprint density at radius 2 is 1.80 bits per heavy atom. The Labute approximate surface area is 147 Å². The maximum absolute atomic E-state index is 13.1. The highest BCUT2D eigenvalue weighted by Gasteiger charge is 2.54. The molecule has 1 saturated heterocycles. The lowest BCUT2D eigenvalue weighted by molar-refractivity contribution is -0.147. The molecule has 0 saturated carbocycles. The molecule has 25 heavy (non-hydrogen) atoms. The van der Waals surface area contributed by atoms with E-state index in [-0.39, 0.29) is 25.2 Å². The second-order valence-corrected chi connectivity index (χ2v) is 6.37. The summed E-state index contributed by atoms with van der Waals surface area (Å²) < 4.78 is 0. The first-order valence-electron chi connectivity index (χ1n) is 8.22. The van der Waals surface area contributed by atoms with E-state index in [1.165, 1.54) is 0 Å². The minimum atomic E-state index is -1.49. The van der Waals surface area contributed by atoms with Crippen LogP contribution in [0.25, 0.3) is 0 Å². The van der Waals surface area contributed by atoms with Crippen molar-refractivity contribution in [1.82, 2.24) is 15.1 Å². The second kappa shape index (κ2) is 7.57. The van der Waals surface area contributed by atoms with Crippen LogP contribution in [0, 0.1) is 0 Å². The van der Waals surface area contributed by atoms with Crippen molar-refractivity contribution in [3.8, 4) is 0 Å². The molecule has 0 aromatic heterocycles. The van der Waals surface area contributed by atoms with Crippen LogP contribution in [0.4, 0.5) is 4.79 Å². The maximum Gasteiger partial charge on any atom is 0.331 e. The van der Waals surface area contributed by atoms with Gasteiger partial charge >= 0.3 is 6.03 Å². The molecule has 134 valence electrons. The normalized spacial score (nSPS) is 20.8. The molecule has 4 amide bonds. The van der Waals surface area contributed by atoms with Crippen LogP contribution in [-0.4, -0.2) is 60.6 Å². The summed E-state index contributed by atoms with van der Waals surface area (Å²) in [7, 11) is 3.67. The lowest BCUT2D eigenvalue weighted by atomic mass is 9.74. The Bertz CT molecular complexity index is 687. The fourth-order valence-corrected chi connectivity index (χ4v) is 2.93. The summed E-state index contributed by atoms with van der Waals surface area (Å²) in [6.07, 6.45) is 0.416. The molecule has 1 unspecified atom stereocenters. The Kier molecular flexibility index (Phi) is 5.69. The third kappa shape index (κ3) is 3.61. The molecule has 1 aliphatic heterocycles. The number of barbiturate groups is 1. The van der Waals surface area contributed by atoms with Crippen molar-refractivity contribution in [2.75, 3.05) is 27.2 Å². The van der Waals surface area contributed by atoms with Crippen molar-refractivity contribution in [1.29, 1.82) is 0 Å². The number of benzene rings is 1. The van der Waals surface area contributed by atoms with Gasteiger partial charge < -0.3 is 4.90 Å². The van der Waals surface area contributed by atoms with E-state index in [1.807, 2.05) is 19.0 Å². The van der Waals surface area contributed by atoms with Crippen molar-refractivity contribution in [3.05, 3.63) is 35.9 Å². The average Bonchev–Trinajstić information content (AvgIpc) is 2.58. The van der Waals surface area contributed by atoms with Crippen molar-refractivity contribution in [2.45, 2.75) is 25.2 Å². The number of hydrogen-bond acceptors (Lipinski definition) is 5. The zero-order valence-electron chi connectivity index (χ0n) is 14.7. The van der Waals surface area contributed by atoms with E-state index < -0.39 is 23.3 Å². The first-order valence-corrected chi connectivity index (χ1v) is 8.22. The molecule has 7 heteroatoms. The Morgan fingerprint density at radius 1 is 1.16 bits per heavy atom. The molecular formula is C18H23N3O4. The fourth-order valence-electron chi connectivity index (χ4n) is 2.93. The van der Waals surface area contributed by atoms with Crippen LogP contribution in [0.15, 0.2) is 30.3 Å². The number of imide groups is 2. The van der Waals surface area contributed by atoms with Crippen molar-refractivity contribution in [3.63, 3.8) is 0 Å². The van der Waals surface area contributed by atoms with Crippen LogP contribution in [0.2, 0.25) is 0 Å². The lowest BCUT2D eigenvalue weighted by Crippen LogP contribution is -2.66. The van der Waals surface area contributed by atoms with E-state index in [0.717, 1.165) is 4.90 Å². The summed E-state index contributed by atoms with van der Waals surface area (Å²) in [5.74, 6) is -1.52. The lowest BCUT2D eigenvalue weighted by Gasteiger charge is -2.38. The number of nitrogens with zero attached hydrogens (tertiary/aromatic N) is 2. The SMILES string of the molecule is CCC1(c2ccccc2)C(=O)NC(=O)N(CC(=O)CCN(C)C)C1=O. The molecule has 1 aliphatic rings. The molecule has 0 spiro atoms. The van der Waals surface area contributed by atoms with Gasteiger partial charge in [0.25, 0.3) is 5.91 Å². The Morgan fingerprint density at radius 3 is 2.36 bits per heavy atom. The predicted octanol–water partition coefficient (Wildman–Crippen LogP) is 0.934. The van der Waals surface area contributed by atoms with Crippen LogP contribution in [0.1, 0.15) is 25.3 Å². The van der Waals surface area contributed by atoms with Gasteiger partial charge in [0.05, 0.1) is 6.54 Å². The number of hydrogen-bond donors (Lipinski definition) is 1. The smallest absolute Gasteiger partial charge is 0.309 e. The van der Waals surface area contributed by atoms with E-state index in [0.29, 0.717) is 12.1 Å². The largest absolute Gasteiger partial charge is 0.331 e. The van der Waals surface area contributed by atoms with Crippen molar-refractivity contribution in [2.24, 2.45) is 0 Å². The molecule has 1 heterocycles. The maximum atomic E-state index is 13.1. The van der Waals surface area contributed by atoms with Crippen LogP contribution in [0.5, 0.6) is 0 Å².